The van der Waals surface area contributed by atoms with Crippen LogP contribution in [-0.4, -0.2) is 18.1 Å². The van der Waals surface area contributed by atoms with E-state index in [1.807, 2.05) is 6.07 Å². The molecule has 4 heteroatoms. The Kier molecular flexibility index (Phi) is 4.26. The summed E-state index contributed by atoms with van der Waals surface area (Å²) in [5.41, 5.74) is 6.43. The quantitative estimate of drug-likeness (QED) is 0.909. The number of nitrogens with two attached hydrogens (primary N) is 1. The summed E-state index contributed by atoms with van der Waals surface area (Å²) in [4.78, 5) is 6.82. The largest absolute Gasteiger partial charge is 0.397 e. The first-order chi connectivity index (χ1) is 8.20. The van der Waals surface area contributed by atoms with Gasteiger partial charge in [0, 0.05) is 13.1 Å². The molecule has 1 saturated heterocycles. The van der Waals surface area contributed by atoms with Gasteiger partial charge in [-0.05, 0) is 47.2 Å². The molecule has 2 rings (SSSR count). The second-order valence-corrected chi connectivity index (χ2v) is 5.62. The van der Waals surface area contributed by atoms with Crippen LogP contribution in [0.15, 0.2) is 16.7 Å². The van der Waals surface area contributed by atoms with Crippen LogP contribution >= 0.6 is 15.9 Å². The van der Waals surface area contributed by atoms with Gasteiger partial charge in [-0.1, -0.05) is 13.3 Å². The fourth-order valence-corrected chi connectivity index (χ4v) is 3.08. The third-order valence-electron chi connectivity index (χ3n) is 3.57. The summed E-state index contributed by atoms with van der Waals surface area (Å²) < 4.78 is 1.01. The highest BCUT2D eigenvalue weighted by molar-refractivity contribution is 9.10. The number of pyridine rings is 1. The van der Waals surface area contributed by atoms with Crippen LogP contribution in [0.25, 0.3) is 0 Å². The maximum absolute atomic E-state index is 5.72. The zero-order chi connectivity index (χ0) is 12.3. The number of rotatable bonds is 2. The summed E-state index contributed by atoms with van der Waals surface area (Å²) >= 11 is 3.56. The van der Waals surface area contributed by atoms with E-state index in [-0.39, 0.29) is 0 Å². The van der Waals surface area contributed by atoms with Crippen LogP contribution in [0.1, 0.15) is 32.6 Å². The van der Waals surface area contributed by atoms with Crippen molar-refractivity contribution in [2.45, 2.75) is 32.6 Å². The molecule has 0 saturated carbocycles. The Morgan fingerprint density at radius 3 is 3.00 bits per heavy atom. The van der Waals surface area contributed by atoms with E-state index in [1.54, 1.807) is 6.20 Å². The molecule has 17 heavy (non-hydrogen) atoms. The number of hydrogen-bond acceptors (Lipinski definition) is 3. The second-order valence-electron chi connectivity index (χ2n) is 4.77. The predicted octanol–water partition coefficient (Wildman–Crippen LogP) is 3.44. The van der Waals surface area contributed by atoms with Crippen molar-refractivity contribution in [3.63, 3.8) is 0 Å². The Balaban J connectivity index is 2.11. The van der Waals surface area contributed by atoms with Crippen LogP contribution in [-0.2, 0) is 0 Å². The van der Waals surface area contributed by atoms with Crippen molar-refractivity contribution in [3.05, 3.63) is 16.7 Å². The molecule has 1 aromatic heterocycles. The molecule has 1 atom stereocenters. The maximum atomic E-state index is 5.72. The molecular formula is C13H20BrN3. The van der Waals surface area contributed by atoms with E-state index in [2.05, 4.69) is 32.7 Å². The van der Waals surface area contributed by atoms with Gasteiger partial charge in [0.2, 0.25) is 0 Å². The molecule has 1 aliphatic heterocycles. The molecule has 1 fully saturated rings. The third-order valence-corrected chi connectivity index (χ3v) is 4.15. The maximum Gasteiger partial charge on any atom is 0.143 e. The second kappa shape index (κ2) is 5.71. The van der Waals surface area contributed by atoms with E-state index in [4.69, 9.17) is 5.73 Å². The Morgan fingerprint density at radius 1 is 1.47 bits per heavy atom. The Labute approximate surface area is 112 Å². The normalized spacial score (nSPS) is 21.3. The van der Waals surface area contributed by atoms with E-state index in [1.165, 1.54) is 25.7 Å². The van der Waals surface area contributed by atoms with Crippen molar-refractivity contribution in [1.82, 2.24) is 4.98 Å². The first-order valence-electron chi connectivity index (χ1n) is 6.36. The third kappa shape index (κ3) is 3.12. The number of nitrogens with zero attached hydrogens (tertiary/aromatic N) is 2. The van der Waals surface area contributed by atoms with E-state index in [9.17, 15) is 0 Å². The molecule has 0 aromatic carbocycles. The molecule has 94 valence electrons. The van der Waals surface area contributed by atoms with Gasteiger partial charge in [-0.2, -0.15) is 0 Å². The molecular weight excluding hydrogens is 278 g/mol. The van der Waals surface area contributed by atoms with Gasteiger partial charge < -0.3 is 10.6 Å². The molecule has 0 bridgehead atoms. The lowest BCUT2D eigenvalue weighted by atomic mass is 9.98. The molecule has 1 aliphatic rings. The van der Waals surface area contributed by atoms with Crippen LogP contribution in [0, 0.1) is 5.92 Å². The fourth-order valence-electron chi connectivity index (χ4n) is 2.46. The SMILES string of the molecule is CCC1CCCN(c2ncc(N)cc2Br)CC1. The van der Waals surface area contributed by atoms with Gasteiger partial charge in [0.25, 0.3) is 0 Å². The zero-order valence-corrected chi connectivity index (χ0v) is 11.9. The monoisotopic (exact) mass is 297 g/mol. The standard InChI is InChI=1S/C13H20BrN3/c1-2-10-4-3-6-17(7-5-10)13-12(14)8-11(15)9-16-13/h8-10H,2-7,15H2,1H3. The summed E-state index contributed by atoms with van der Waals surface area (Å²) in [6.07, 6.45) is 6.91. The van der Waals surface area contributed by atoms with Crippen molar-refractivity contribution in [3.8, 4) is 0 Å². The highest BCUT2D eigenvalue weighted by Gasteiger charge is 2.18. The van der Waals surface area contributed by atoms with Crippen molar-refractivity contribution in [2.75, 3.05) is 23.7 Å². The van der Waals surface area contributed by atoms with E-state index < -0.39 is 0 Å². The van der Waals surface area contributed by atoms with Crippen LogP contribution in [0.2, 0.25) is 0 Å². The molecule has 0 aliphatic carbocycles. The van der Waals surface area contributed by atoms with Gasteiger partial charge >= 0.3 is 0 Å². The summed E-state index contributed by atoms with van der Waals surface area (Å²) in [5.74, 6) is 1.92. The minimum Gasteiger partial charge on any atom is -0.397 e. The van der Waals surface area contributed by atoms with Crippen molar-refractivity contribution in [2.24, 2.45) is 5.92 Å². The topological polar surface area (TPSA) is 42.2 Å². The van der Waals surface area contributed by atoms with Gasteiger partial charge in [-0.3, -0.25) is 0 Å². The molecule has 3 nitrogen and oxygen atoms in total. The van der Waals surface area contributed by atoms with Crippen molar-refractivity contribution < 1.29 is 0 Å². The molecule has 0 spiro atoms. The fraction of sp³-hybridized carbons (Fsp3) is 0.615. The van der Waals surface area contributed by atoms with E-state index in [0.29, 0.717) is 5.69 Å². The number of hydrogen-bond donors (Lipinski definition) is 1. The lowest BCUT2D eigenvalue weighted by Gasteiger charge is -2.22. The summed E-state index contributed by atoms with van der Waals surface area (Å²) in [6.45, 7) is 4.50. The highest BCUT2D eigenvalue weighted by Crippen LogP contribution is 2.29. The van der Waals surface area contributed by atoms with Gasteiger partial charge in [0.15, 0.2) is 0 Å². The Bertz CT molecular complexity index is 381. The molecule has 1 aromatic rings. The van der Waals surface area contributed by atoms with Gasteiger partial charge in [0.1, 0.15) is 5.82 Å². The van der Waals surface area contributed by atoms with Crippen LogP contribution < -0.4 is 10.6 Å². The first-order valence-corrected chi connectivity index (χ1v) is 7.16. The molecule has 1 unspecified atom stereocenters. The average molecular weight is 298 g/mol. The van der Waals surface area contributed by atoms with Crippen LogP contribution in [0.4, 0.5) is 11.5 Å². The van der Waals surface area contributed by atoms with Crippen molar-refractivity contribution >= 4 is 27.4 Å². The molecule has 0 amide bonds. The highest BCUT2D eigenvalue weighted by atomic mass is 79.9. The van der Waals surface area contributed by atoms with Gasteiger partial charge in [-0.25, -0.2) is 4.98 Å². The first kappa shape index (κ1) is 12.7. The number of nitrogen functional groups attached to an aromatic ring is 1. The average Bonchev–Trinajstić information content (AvgIpc) is 2.54. The summed E-state index contributed by atoms with van der Waals surface area (Å²) in [7, 11) is 0. The Hall–Kier alpha value is -0.770. The van der Waals surface area contributed by atoms with Crippen molar-refractivity contribution in [1.29, 1.82) is 0 Å². The van der Waals surface area contributed by atoms with Crippen LogP contribution in [0.5, 0.6) is 0 Å². The minimum absolute atomic E-state index is 0.710. The smallest absolute Gasteiger partial charge is 0.143 e. The lowest BCUT2D eigenvalue weighted by Crippen LogP contribution is -2.25. The molecule has 0 radical (unpaired) electrons. The van der Waals surface area contributed by atoms with Gasteiger partial charge in [0.05, 0.1) is 16.4 Å². The molecule has 2 N–H and O–H groups in total. The zero-order valence-electron chi connectivity index (χ0n) is 10.3. The predicted molar refractivity (Wildman–Crippen MR) is 76.2 cm³/mol. The minimum atomic E-state index is 0.710. The van der Waals surface area contributed by atoms with E-state index >= 15 is 0 Å². The number of anilines is 2. The molecule has 2 heterocycles. The lowest BCUT2D eigenvalue weighted by molar-refractivity contribution is 0.459. The Morgan fingerprint density at radius 2 is 2.29 bits per heavy atom. The van der Waals surface area contributed by atoms with Crippen LogP contribution in [0.3, 0.4) is 0 Å². The number of halogens is 1. The van der Waals surface area contributed by atoms with E-state index in [0.717, 1.165) is 29.3 Å². The van der Waals surface area contributed by atoms with Gasteiger partial charge in [-0.15, -0.1) is 0 Å². The number of aromatic nitrogens is 1. The summed E-state index contributed by atoms with van der Waals surface area (Å²) in [6, 6.07) is 1.94. The summed E-state index contributed by atoms with van der Waals surface area (Å²) in [5, 5.41) is 0.